The molecule has 1 heterocycles. The van der Waals surface area contributed by atoms with Gasteiger partial charge in [0.25, 0.3) is 0 Å². The number of sulfonamides is 1. The highest BCUT2D eigenvalue weighted by molar-refractivity contribution is 7.88. The number of aryl methyl sites for hydroxylation is 1. The van der Waals surface area contributed by atoms with Gasteiger partial charge in [-0.05, 0) is 12.0 Å². The zero-order valence-electron chi connectivity index (χ0n) is 11.9. The highest BCUT2D eigenvalue weighted by Crippen LogP contribution is 2.13. The molecule has 1 fully saturated rings. The zero-order valence-corrected chi connectivity index (χ0v) is 12.7. The number of nitrogens with one attached hydrogen (secondary N) is 1. The van der Waals surface area contributed by atoms with Crippen LogP contribution in [0.4, 0.5) is 0 Å². The normalized spacial score (nSPS) is 22.5. The van der Waals surface area contributed by atoms with E-state index in [0.717, 1.165) is 11.8 Å². The lowest BCUT2D eigenvalue weighted by molar-refractivity contribution is -0.130. The Morgan fingerprint density at radius 1 is 1.33 bits per heavy atom. The minimum absolute atomic E-state index is 0.0734. The SMILES string of the molecule is CS(=O)(=O)N[C@@H]1CN(C(=O)CCc2ccccc2)C[C@H]1O. The minimum atomic E-state index is -3.39. The molecule has 0 unspecified atom stereocenters. The molecule has 116 valence electrons. The number of aliphatic hydroxyl groups excluding tert-OH is 1. The highest BCUT2D eigenvalue weighted by Gasteiger charge is 2.35. The van der Waals surface area contributed by atoms with E-state index in [1.807, 2.05) is 30.3 Å². The van der Waals surface area contributed by atoms with E-state index in [1.165, 1.54) is 4.90 Å². The van der Waals surface area contributed by atoms with Crippen molar-refractivity contribution in [3.05, 3.63) is 35.9 Å². The van der Waals surface area contributed by atoms with E-state index in [2.05, 4.69) is 4.72 Å². The Hall–Kier alpha value is -1.44. The summed E-state index contributed by atoms with van der Waals surface area (Å²) in [6.45, 7) is 0.378. The zero-order chi connectivity index (χ0) is 15.5. The average Bonchev–Trinajstić information content (AvgIpc) is 2.77. The molecule has 21 heavy (non-hydrogen) atoms. The predicted octanol–water partition coefficient (Wildman–Crippen LogP) is -0.260. The Kier molecular flexibility index (Phi) is 4.97. The number of benzene rings is 1. The lowest BCUT2D eigenvalue weighted by atomic mass is 10.1. The largest absolute Gasteiger partial charge is 0.390 e. The fraction of sp³-hybridized carbons (Fsp3) is 0.500. The average molecular weight is 312 g/mol. The molecule has 0 aromatic heterocycles. The fourth-order valence-corrected chi connectivity index (χ4v) is 3.22. The van der Waals surface area contributed by atoms with Crippen LogP contribution in [-0.4, -0.2) is 55.8 Å². The van der Waals surface area contributed by atoms with Crippen LogP contribution in [-0.2, 0) is 21.2 Å². The third-order valence-electron chi connectivity index (χ3n) is 3.48. The van der Waals surface area contributed by atoms with Gasteiger partial charge in [0.05, 0.1) is 18.4 Å². The summed E-state index contributed by atoms with van der Waals surface area (Å²) in [6.07, 6.45) is 1.17. The third-order valence-corrected chi connectivity index (χ3v) is 4.21. The number of carbonyl (C=O) groups excluding carboxylic acids is 1. The van der Waals surface area contributed by atoms with Gasteiger partial charge in [-0.3, -0.25) is 4.79 Å². The van der Waals surface area contributed by atoms with Crippen molar-refractivity contribution in [2.75, 3.05) is 19.3 Å². The van der Waals surface area contributed by atoms with E-state index in [1.54, 1.807) is 0 Å². The second kappa shape index (κ2) is 6.55. The van der Waals surface area contributed by atoms with E-state index in [-0.39, 0.29) is 19.0 Å². The maximum atomic E-state index is 12.1. The molecule has 1 amide bonds. The summed E-state index contributed by atoms with van der Waals surface area (Å²) in [5.74, 6) is -0.0734. The standard InChI is InChI=1S/C14H20N2O4S/c1-21(19,20)15-12-9-16(10-13(12)17)14(18)8-7-11-5-3-2-4-6-11/h2-6,12-13,15,17H,7-10H2,1H3/t12-,13-/m1/s1. The summed E-state index contributed by atoms with van der Waals surface area (Å²) in [5.41, 5.74) is 1.08. The molecule has 1 aromatic carbocycles. The molecule has 1 saturated heterocycles. The van der Waals surface area contributed by atoms with Gasteiger partial charge in [0, 0.05) is 19.5 Å². The molecule has 0 spiro atoms. The third kappa shape index (κ3) is 4.80. The number of β-amino-alcohol motifs (C(OH)–C–C–N with tert-alkyl or cyclic N) is 1. The van der Waals surface area contributed by atoms with Gasteiger partial charge in [-0.1, -0.05) is 30.3 Å². The van der Waals surface area contributed by atoms with E-state index in [4.69, 9.17) is 0 Å². The number of aliphatic hydroxyl groups is 1. The van der Waals surface area contributed by atoms with Gasteiger partial charge in [0.2, 0.25) is 15.9 Å². The Balaban J connectivity index is 1.87. The molecule has 0 bridgehead atoms. The molecule has 6 nitrogen and oxygen atoms in total. The molecular formula is C14H20N2O4S. The van der Waals surface area contributed by atoms with E-state index in [9.17, 15) is 18.3 Å². The molecule has 2 N–H and O–H groups in total. The molecule has 2 rings (SSSR count). The van der Waals surface area contributed by atoms with Crippen LogP contribution in [0.1, 0.15) is 12.0 Å². The number of nitrogens with zero attached hydrogens (tertiary/aromatic N) is 1. The molecule has 1 aliphatic rings. The fourth-order valence-electron chi connectivity index (χ4n) is 2.44. The van der Waals surface area contributed by atoms with Gasteiger partial charge in [0.1, 0.15) is 0 Å². The van der Waals surface area contributed by atoms with E-state index in [0.29, 0.717) is 12.8 Å². The molecule has 0 radical (unpaired) electrons. The van der Waals surface area contributed by atoms with Crippen LogP contribution in [0.25, 0.3) is 0 Å². The Morgan fingerprint density at radius 3 is 2.62 bits per heavy atom. The van der Waals surface area contributed by atoms with Gasteiger partial charge < -0.3 is 10.0 Å². The summed E-state index contributed by atoms with van der Waals surface area (Å²) < 4.78 is 24.7. The van der Waals surface area contributed by atoms with Gasteiger partial charge in [-0.2, -0.15) is 0 Å². The second-order valence-electron chi connectivity index (χ2n) is 5.35. The number of amides is 1. The quantitative estimate of drug-likeness (QED) is 0.784. The summed E-state index contributed by atoms with van der Waals surface area (Å²) in [7, 11) is -3.39. The first-order chi connectivity index (χ1) is 9.85. The predicted molar refractivity (Wildman–Crippen MR) is 79.1 cm³/mol. The van der Waals surface area contributed by atoms with Crippen molar-refractivity contribution in [3.8, 4) is 0 Å². The van der Waals surface area contributed by atoms with Crippen molar-refractivity contribution in [1.82, 2.24) is 9.62 Å². The van der Waals surface area contributed by atoms with Crippen LogP contribution in [0.15, 0.2) is 30.3 Å². The van der Waals surface area contributed by atoms with Crippen LogP contribution in [0.3, 0.4) is 0 Å². The Bertz CT molecular complexity index is 588. The van der Waals surface area contributed by atoms with Crippen LogP contribution >= 0.6 is 0 Å². The Morgan fingerprint density at radius 2 is 2.00 bits per heavy atom. The molecule has 1 aromatic rings. The first-order valence-electron chi connectivity index (χ1n) is 6.82. The van der Waals surface area contributed by atoms with Gasteiger partial charge >= 0.3 is 0 Å². The molecule has 7 heteroatoms. The number of rotatable bonds is 5. The number of likely N-dealkylation sites (tertiary alicyclic amines) is 1. The molecule has 0 aliphatic carbocycles. The van der Waals surface area contributed by atoms with Crippen LogP contribution in [0.5, 0.6) is 0 Å². The van der Waals surface area contributed by atoms with E-state index < -0.39 is 22.2 Å². The molecule has 1 aliphatic heterocycles. The lowest BCUT2D eigenvalue weighted by Gasteiger charge is -2.16. The Labute approximate surface area is 124 Å². The first-order valence-corrected chi connectivity index (χ1v) is 8.71. The van der Waals surface area contributed by atoms with E-state index >= 15 is 0 Å². The van der Waals surface area contributed by atoms with Crippen molar-refractivity contribution < 1.29 is 18.3 Å². The van der Waals surface area contributed by atoms with Crippen LogP contribution in [0.2, 0.25) is 0 Å². The van der Waals surface area contributed by atoms with Crippen LogP contribution in [0, 0.1) is 0 Å². The van der Waals surface area contributed by atoms with Crippen molar-refractivity contribution in [2.24, 2.45) is 0 Å². The van der Waals surface area contributed by atoms with Gasteiger partial charge in [-0.15, -0.1) is 0 Å². The van der Waals surface area contributed by atoms with Gasteiger partial charge in [-0.25, -0.2) is 13.1 Å². The van der Waals surface area contributed by atoms with Crippen molar-refractivity contribution >= 4 is 15.9 Å². The smallest absolute Gasteiger partial charge is 0.223 e. The number of hydrogen-bond acceptors (Lipinski definition) is 4. The molecular weight excluding hydrogens is 292 g/mol. The lowest BCUT2D eigenvalue weighted by Crippen LogP contribution is -2.42. The van der Waals surface area contributed by atoms with Crippen molar-refractivity contribution in [1.29, 1.82) is 0 Å². The van der Waals surface area contributed by atoms with Gasteiger partial charge in [0.15, 0.2) is 0 Å². The van der Waals surface area contributed by atoms with Crippen LogP contribution < -0.4 is 4.72 Å². The molecule has 0 saturated carbocycles. The number of hydrogen-bond donors (Lipinski definition) is 2. The monoisotopic (exact) mass is 312 g/mol. The van der Waals surface area contributed by atoms with Crippen molar-refractivity contribution in [2.45, 2.75) is 25.0 Å². The summed E-state index contributed by atoms with van der Waals surface area (Å²) in [5, 5.41) is 9.84. The molecule has 2 atom stereocenters. The number of carbonyl (C=O) groups is 1. The summed E-state index contributed by atoms with van der Waals surface area (Å²) in [6, 6.07) is 9.06. The maximum absolute atomic E-state index is 12.1. The maximum Gasteiger partial charge on any atom is 0.223 e. The topological polar surface area (TPSA) is 86.7 Å². The summed E-state index contributed by atoms with van der Waals surface area (Å²) >= 11 is 0. The second-order valence-corrected chi connectivity index (χ2v) is 7.13. The minimum Gasteiger partial charge on any atom is -0.390 e. The summed E-state index contributed by atoms with van der Waals surface area (Å²) in [4.78, 5) is 13.6. The highest BCUT2D eigenvalue weighted by atomic mass is 32.2. The van der Waals surface area contributed by atoms with Crippen molar-refractivity contribution in [3.63, 3.8) is 0 Å². The first kappa shape index (κ1) is 15.9.